The van der Waals surface area contributed by atoms with Gasteiger partial charge in [-0.1, -0.05) is 11.3 Å². The van der Waals surface area contributed by atoms with Crippen molar-refractivity contribution >= 4 is 29.0 Å². The van der Waals surface area contributed by atoms with Crippen molar-refractivity contribution in [3.63, 3.8) is 0 Å². The van der Waals surface area contributed by atoms with E-state index >= 15 is 0 Å². The van der Waals surface area contributed by atoms with E-state index in [9.17, 15) is 18.4 Å². The number of likely N-dealkylation sites (tertiary alicyclic amines) is 1. The highest BCUT2D eigenvalue weighted by Crippen LogP contribution is 2.33. The Morgan fingerprint density at radius 1 is 1.20 bits per heavy atom. The van der Waals surface area contributed by atoms with E-state index in [1.807, 2.05) is 0 Å². The van der Waals surface area contributed by atoms with Crippen LogP contribution in [0.2, 0.25) is 0 Å². The monoisotopic (exact) mass is 437 g/mol. The van der Waals surface area contributed by atoms with Crippen LogP contribution in [0.15, 0.2) is 18.2 Å². The molecule has 1 aromatic carbocycles. The van der Waals surface area contributed by atoms with Gasteiger partial charge in [-0.05, 0) is 37.8 Å². The standard InChI is InChI=1S/C19H21F2N5O3S/c20-13-6-5-11(9-14(13)21)23-16(27)18-25-24-17(30-18)15-4-1-7-26(15)19(28)22-10-12-3-2-8-29-12/h5-6,9,12,15H,1-4,7-8,10H2,(H,22,28)(H,23,27)/t12-,15-/m1/s1. The predicted octanol–water partition coefficient (Wildman–Crippen LogP) is 3.09. The Balaban J connectivity index is 1.38. The number of hydrogen-bond donors (Lipinski definition) is 2. The Hall–Kier alpha value is -2.66. The molecule has 0 aliphatic carbocycles. The molecule has 2 aliphatic heterocycles. The molecule has 0 bridgehead atoms. The van der Waals surface area contributed by atoms with Crippen LogP contribution in [-0.4, -0.2) is 52.8 Å². The molecule has 8 nitrogen and oxygen atoms in total. The van der Waals surface area contributed by atoms with E-state index in [1.165, 1.54) is 6.07 Å². The number of rotatable bonds is 5. The van der Waals surface area contributed by atoms with E-state index in [2.05, 4.69) is 20.8 Å². The van der Waals surface area contributed by atoms with Gasteiger partial charge in [0.05, 0.1) is 12.1 Å². The van der Waals surface area contributed by atoms with Gasteiger partial charge < -0.3 is 20.3 Å². The number of halogens is 2. The minimum absolute atomic E-state index is 0.0585. The fraction of sp³-hybridized carbons (Fsp3) is 0.474. The van der Waals surface area contributed by atoms with Crippen molar-refractivity contribution in [2.24, 2.45) is 0 Å². The summed E-state index contributed by atoms with van der Waals surface area (Å²) in [6.45, 7) is 1.80. The molecule has 0 unspecified atom stereocenters. The SMILES string of the molecule is O=C(Nc1ccc(F)c(F)c1)c1nnc([C@H]2CCCN2C(=O)NC[C@H]2CCCO2)s1. The van der Waals surface area contributed by atoms with E-state index in [0.717, 1.165) is 55.8 Å². The van der Waals surface area contributed by atoms with Crippen molar-refractivity contribution in [2.45, 2.75) is 37.8 Å². The Morgan fingerprint density at radius 3 is 2.83 bits per heavy atom. The first kappa shape index (κ1) is 20.6. The molecule has 3 amide bonds. The minimum Gasteiger partial charge on any atom is -0.376 e. The van der Waals surface area contributed by atoms with Gasteiger partial charge in [-0.15, -0.1) is 10.2 Å². The van der Waals surface area contributed by atoms with Gasteiger partial charge in [-0.2, -0.15) is 0 Å². The molecule has 2 fully saturated rings. The molecule has 11 heteroatoms. The molecule has 0 saturated carbocycles. The normalized spacial score (nSPS) is 21.1. The van der Waals surface area contributed by atoms with Gasteiger partial charge >= 0.3 is 6.03 Å². The van der Waals surface area contributed by atoms with Gasteiger partial charge in [0.15, 0.2) is 11.6 Å². The van der Waals surface area contributed by atoms with Gasteiger partial charge in [0.1, 0.15) is 5.01 Å². The number of carbonyl (C=O) groups is 2. The average Bonchev–Trinajstić information content (AvgIpc) is 3.49. The number of urea groups is 1. The van der Waals surface area contributed by atoms with E-state index in [0.29, 0.717) is 18.1 Å². The number of anilines is 1. The lowest BCUT2D eigenvalue weighted by Gasteiger charge is -2.23. The maximum absolute atomic E-state index is 13.3. The highest BCUT2D eigenvalue weighted by molar-refractivity contribution is 7.13. The maximum Gasteiger partial charge on any atom is 0.318 e. The molecule has 2 atom stereocenters. The fourth-order valence-electron chi connectivity index (χ4n) is 3.59. The van der Waals surface area contributed by atoms with Crippen molar-refractivity contribution in [2.75, 3.05) is 25.0 Å². The number of ether oxygens (including phenoxy) is 1. The summed E-state index contributed by atoms with van der Waals surface area (Å²) in [5.41, 5.74) is 0.117. The van der Waals surface area contributed by atoms with Gasteiger partial charge in [-0.3, -0.25) is 4.79 Å². The second-order valence-corrected chi connectivity index (χ2v) is 8.21. The molecule has 30 heavy (non-hydrogen) atoms. The molecule has 3 heterocycles. The molecule has 2 N–H and O–H groups in total. The van der Waals surface area contributed by atoms with Crippen molar-refractivity contribution in [3.05, 3.63) is 39.8 Å². The topological polar surface area (TPSA) is 96.5 Å². The van der Waals surface area contributed by atoms with Crippen molar-refractivity contribution in [1.29, 1.82) is 0 Å². The summed E-state index contributed by atoms with van der Waals surface area (Å²) < 4.78 is 31.9. The summed E-state index contributed by atoms with van der Waals surface area (Å²) >= 11 is 1.08. The predicted molar refractivity (Wildman–Crippen MR) is 105 cm³/mol. The summed E-state index contributed by atoms with van der Waals surface area (Å²) in [4.78, 5) is 26.7. The van der Waals surface area contributed by atoms with Crippen molar-refractivity contribution < 1.29 is 23.1 Å². The van der Waals surface area contributed by atoms with Crippen LogP contribution in [0.3, 0.4) is 0 Å². The smallest absolute Gasteiger partial charge is 0.318 e. The summed E-state index contributed by atoms with van der Waals surface area (Å²) in [7, 11) is 0. The quantitative estimate of drug-likeness (QED) is 0.749. The third-order valence-corrected chi connectivity index (χ3v) is 6.14. The second kappa shape index (κ2) is 9.00. The van der Waals surface area contributed by atoms with E-state index in [4.69, 9.17) is 4.74 Å². The molecule has 160 valence electrons. The van der Waals surface area contributed by atoms with Crippen LogP contribution in [0, 0.1) is 11.6 Å². The molecule has 1 aromatic heterocycles. The summed E-state index contributed by atoms with van der Waals surface area (Å²) in [5.74, 6) is -2.62. The van der Waals surface area contributed by atoms with Crippen molar-refractivity contribution in [1.82, 2.24) is 20.4 Å². The highest BCUT2D eigenvalue weighted by Gasteiger charge is 2.33. The zero-order chi connectivity index (χ0) is 21.1. The van der Waals surface area contributed by atoms with E-state index < -0.39 is 17.5 Å². The first-order valence-electron chi connectivity index (χ1n) is 9.77. The number of hydrogen-bond acceptors (Lipinski definition) is 6. The summed E-state index contributed by atoms with van der Waals surface area (Å²) in [5, 5.41) is 14.0. The lowest BCUT2D eigenvalue weighted by molar-refractivity contribution is 0.102. The molecule has 2 saturated heterocycles. The second-order valence-electron chi connectivity index (χ2n) is 7.20. The lowest BCUT2D eigenvalue weighted by atomic mass is 10.2. The number of nitrogens with zero attached hydrogens (tertiary/aromatic N) is 3. The number of amides is 3. The van der Waals surface area contributed by atoms with Crippen LogP contribution in [0.1, 0.15) is 46.5 Å². The van der Waals surface area contributed by atoms with Crippen LogP contribution in [0.5, 0.6) is 0 Å². The molecular weight excluding hydrogens is 416 g/mol. The minimum atomic E-state index is -1.05. The lowest BCUT2D eigenvalue weighted by Crippen LogP contribution is -2.42. The van der Waals surface area contributed by atoms with E-state index in [-0.39, 0.29) is 28.9 Å². The van der Waals surface area contributed by atoms with Gasteiger partial charge in [0, 0.05) is 31.5 Å². The van der Waals surface area contributed by atoms with Crippen molar-refractivity contribution in [3.8, 4) is 0 Å². The average molecular weight is 437 g/mol. The Labute approximate surface area is 175 Å². The Morgan fingerprint density at radius 2 is 2.07 bits per heavy atom. The van der Waals surface area contributed by atoms with Gasteiger partial charge in [0.25, 0.3) is 5.91 Å². The third kappa shape index (κ3) is 4.57. The zero-order valence-electron chi connectivity index (χ0n) is 16.1. The number of aromatic nitrogens is 2. The third-order valence-electron chi connectivity index (χ3n) is 5.12. The molecular formula is C19H21F2N5O3S. The van der Waals surface area contributed by atoms with Crippen LogP contribution >= 0.6 is 11.3 Å². The van der Waals surface area contributed by atoms with Crippen LogP contribution in [0.25, 0.3) is 0 Å². The summed E-state index contributed by atoms with van der Waals surface area (Å²) in [6.07, 6.45) is 3.56. The molecule has 4 rings (SSSR count). The fourth-order valence-corrected chi connectivity index (χ4v) is 4.48. The molecule has 2 aromatic rings. The van der Waals surface area contributed by atoms with Crippen LogP contribution < -0.4 is 10.6 Å². The number of benzene rings is 1. The largest absolute Gasteiger partial charge is 0.376 e. The first-order chi connectivity index (χ1) is 14.5. The number of carbonyl (C=O) groups excluding carboxylic acids is 2. The molecule has 2 aliphatic rings. The van der Waals surface area contributed by atoms with E-state index in [1.54, 1.807) is 4.90 Å². The maximum atomic E-state index is 13.3. The Kier molecular flexibility index (Phi) is 6.18. The van der Waals surface area contributed by atoms with Gasteiger partial charge in [0.2, 0.25) is 5.01 Å². The molecule has 0 spiro atoms. The summed E-state index contributed by atoms with van der Waals surface area (Å²) in [6, 6.07) is 2.65. The number of nitrogens with one attached hydrogen (secondary N) is 2. The highest BCUT2D eigenvalue weighted by atomic mass is 32.1. The van der Waals surface area contributed by atoms with Gasteiger partial charge in [-0.25, -0.2) is 13.6 Å². The Bertz CT molecular complexity index is 935. The van der Waals surface area contributed by atoms with Crippen LogP contribution in [0.4, 0.5) is 19.3 Å². The van der Waals surface area contributed by atoms with Crippen LogP contribution in [-0.2, 0) is 4.74 Å². The zero-order valence-corrected chi connectivity index (χ0v) is 16.9. The molecule has 0 radical (unpaired) electrons. The first-order valence-corrected chi connectivity index (χ1v) is 10.6.